The summed E-state index contributed by atoms with van der Waals surface area (Å²) in [7, 11) is -3.34. The van der Waals surface area contributed by atoms with E-state index >= 15 is 0 Å². The Morgan fingerprint density at radius 3 is 2.74 bits per heavy atom. The molecule has 0 bridgehead atoms. The number of hydrogen-bond acceptors (Lipinski definition) is 4. The summed E-state index contributed by atoms with van der Waals surface area (Å²) in [5.41, 5.74) is 0.691. The number of sulfone groups is 1. The molecular weight excluding hydrogens is 286 g/mol. The molecule has 3 rings (SSSR count). The van der Waals surface area contributed by atoms with Crippen LogP contribution in [0.25, 0.3) is 6.08 Å². The molecule has 1 aromatic rings. The Hall–Kier alpha value is -0.880. The lowest BCUT2D eigenvalue weighted by Crippen LogP contribution is -2.38. The van der Waals surface area contributed by atoms with Gasteiger partial charge in [0.2, 0.25) is 9.84 Å². The van der Waals surface area contributed by atoms with Gasteiger partial charge in [-0.1, -0.05) is 11.6 Å². The van der Waals surface area contributed by atoms with Gasteiger partial charge in [0.15, 0.2) is 0 Å². The van der Waals surface area contributed by atoms with E-state index in [-0.39, 0.29) is 0 Å². The summed E-state index contributed by atoms with van der Waals surface area (Å²) in [5.74, 6) is 0. The normalized spacial score (nSPS) is 22.1. The number of hydrogen-bond donors (Lipinski definition) is 0. The summed E-state index contributed by atoms with van der Waals surface area (Å²) >= 11 is 5.91. The summed E-state index contributed by atoms with van der Waals surface area (Å²) in [6.45, 7) is 3.30. The number of nitrogens with zero attached hydrogens (tertiary/aromatic N) is 1. The van der Waals surface area contributed by atoms with Crippen molar-refractivity contribution in [3.63, 3.8) is 0 Å². The molecule has 0 N–H and O–H groups in total. The van der Waals surface area contributed by atoms with Crippen LogP contribution < -0.4 is 0 Å². The fourth-order valence-electron chi connectivity index (χ4n) is 2.38. The lowest BCUT2D eigenvalue weighted by Gasteiger charge is -2.26. The van der Waals surface area contributed by atoms with Gasteiger partial charge in [-0.3, -0.25) is 4.90 Å². The van der Waals surface area contributed by atoms with Gasteiger partial charge in [0.1, 0.15) is 0 Å². The predicted octanol–water partition coefficient (Wildman–Crippen LogP) is 1.80. The highest BCUT2D eigenvalue weighted by Gasteiger charge is 2.30. The highest BCUT2D eigenvalue weighted by molar-refractivity contribution is 7.95. The number of rotatable bonds is 2. The van der Waals surface area contributed by atoms with Crippen molar-refractivity contribution in [2.24, 2.45) is 0 Å². The van der Waals surface area contributed by atoms with Crippen molar-refractivity contribution >= 4 is 27.5 Å². The lowest BCUT2D eigenvalue weighted by molar-refractivity contribution is 0.0430. The molecule has 4 nitrogen and oxygen atoms in total. The van der Waals surface area contributed by atoms with E-state index in [9.17, 15) is 8.42 Å². The van der Waals surface area contributed by atoms with E-state index in [2.05, 4.69) is 4.90 Å². The molecule has 0 radical (unpaired) electrons. The first-order valence-corrected chi connectivity index (χ1v) is 7.99. The van der Waals surface area contributed by atoms with E-state index in [0.29, 0.717) is 40.1 Å². The Morgan fingerprint density at radius 2 is 2.00 bits per heavy atom. The largest absolute Gasteiger partial charge is 0.379 e. The first-order chi connectivity index (χ1) is 9.07. The fraction of sp³-hybridized carbons (Fsp3) is 0.385. The Kier molecular flexibility index (Phi) is 3.39. The molecule has 0 saturated carbocycles. The van der Waals surface area contributed by atoms with Gasteiger partial charge in [-0.25, -0.2) is 8.42 Å². The smallest absolute Gasteiger partial charge is 0.204 e. The van der Waals surface area contributed by atoms with E-state index in [4.69, 9.17) is 16.3 Å². The molecule has 2 aliphatic rings. The van der Waals surface area contributed by atoms with Crippen LogP contribution in [-0.4, -0.2) is 46.2 Å². The second-order valence-corrected chi connectivity index (χ2v) is 7.09. The molecule has 2 aliphatic heterocycles. The summed E-state index contributed by atoms with van der Waals surface area (Å²) in [5, 5.41) is 0.554. The zero-order valence-electron chi connectivity index (χ0n) is 10.3. The number of ether oxygens (including phenoxy) is 1. The first kappa shape index (κ1) is 13.1. The third-order valence-corrected chi connectivity index (χ3v) is 5.53. The van der Waals surface area contributed by atoms with Crippen LogP contribution in [0.3, 0.4) is 0 Å². The third-order valence-electron chi connectivity index (χ3n) is 3.41. The predicted molar refractivity (Wildman–Crippen MR) is 73.9 cm³/mol. The molecule has 2 heterocycles. The van der Waals surface area contributed by atoms with Gasteiger partial charge in [0, 0.05) is 24.7 Å². The average Bonchev–Trinajstić information content (AvgIpc) is 2.62. The van der Waals surface area contributed by atoms with Crippen molar-refractivity contribution in [1.29, 1.82) is 0 Å². The maximum atomic E-state index is 12.4. The van der Waals surface area contributed by atoms with Crippen molar-refractivity contribution in [2.45, 2.75) is 4.90 Å². The number of benzene rings is 1. The second kappa shape index (κ2) is 4.90. The Morgan fingerprint density at radius 1 is 1.26 bits per heavy atom. The van der Waals surface area contributed by atoms with Gasteiger partial charge < -0.3 is 4.74 Å². The van der Waals surface area contributed by atoms with Crippen LogP contribution in [-0.2, 0) is 14.6 Å². The summed E-state index contributed by atoms with van der Waals surface area (Å²) < 4.78 is 30.1. The maximum absolute atomic E-state index is 12.4. The Labute approximate surface area is 117 Å². The van der Waals surface area contributed by atoms with Gasteiger partial charge in [-0.15, -0.1) is 0 Å². The van der Waals surface area contributed by atoms with Crippen molar-refractivity contribution in [3.8, 4) is 0 Å². The van der Waals surface area contributed by atoms with E-state index in [1.807, 2.05) is 0 Å². The number of morpholine rings is 1. The average molecular weight is 300 g/mol. The molecule has 0 unspecified atom stereocenters. The van der Waals surface area contributed by atoms with Gasteiger partial charge in [-0.2, -0.15) is 0 Å². The minimum Gasteiger partial charge on any atom is -0.379 e. The summed E-state index contributed by atoms with van der Waals surface area (Å²) in [6, 6.07) is 4.89. The van der Waals surface area contributed by atoms with Crippen LogP contribution >= 0.6 is 11.6 Å². The number of halogens is 1. The van der Waals surface area contributed by atoms with Crippen LogP contribution in [0, 0.1) is 0 Å². The van der Waals surface area contributed by atoms with Gasteiger partial charge in [-0.05, 0) is 29.8 Å². The molecule has 0 spiro atoms. The van der Waals surface area contributed by atoms with Crippen LogP contribution in [0.4, 0.5) is 0 Å². The minimum absolute atomic E-state index is 0.361. The van der Waals surface area contributed by atoms with Crippen molar-refractivity contribution in [2.75, 3.05) is 32.8 Å². The molecule has 0 aliphatic carbocycles. The molecule has 6 heteroatoms. The third kappa shape index (κ3) is 2.43. The van der Waals surface area contributed by atoms with E-state index < -0.39 is 9.84 Å². The maximum Gasteiger partial charge on any atom is 0.204 e. The summed E-state index contributed by atoms with van der Waals surface area (Å²) in [6.07, 6.45) is 1.73. The monoisotopic (exact) mass is 299 g/mol. The van der Waals surface area contributed by atoms with Crippen molar-refractivity contribution in [1.82, 2.24) is 4.90 Å². The summed E-state index contributed by atoms with van der Waals surface area (Å²) in [4.78, 5) is 2.91. The van der Waals surface area contributed by atoms with Crippen LogP contribution in [0.15, 0.2) is 28.0 Å². The SMILES string of the molecule is O=S1(=O)C(CN2CCOCC2)=Cc2cc(Cl)ccc21. The minimum atomic E-state index is -3.34. The molecule has 102 valence electrons. The first-order valence-electron chi connectivity index (χ1n) is 6.13. The van der Waals surface area contributed by atoms with Crippen molar-refractivity contribution < 1.29 is 13.2 Å². The standard InChI is InChI=1S/C13H14ClNO3S/c14-11-1-2-13-10(7-11)8-12(19(13,16)17)9-15-3-5-18-6-4-15/h1-2,7-8H,3-6,9H2. The van der Waals surface area contributed by atoms with Crippen LogP contribution in [0.2, 0.25) is 5.02 Å². The number of fused-ring (bicyclic) bond motifs is 1. The van der Waals surface area contributed by atoms with Gasteiger partial charge in [0.05, 0.1) is 23.0 Å². The molecule has 0 amide bonds. The molecule has 1 fully saturated rings. The molecule has 1 aromatic carbocycles. The highest BCUT2D eigenvalue weighted by Crippen LogP contribution is 2.34. The molecule has 19 heavy (non-hydrogen) atoms. The second-order valence-electron chi connectivity index (χ2n) is 4.68. The zero-order valence-corrected chi connectivity index (χ0v) is 11.9. The Bertz CT molecular complexity index is 633. The molecule has 1 saturated heterocycles. The van der Waals surface area contributed by atoms with E-state index in [1.165, 1.54) is 0 Å². The van der Waals surface area contributed by atoms with Crippen molar-refractivity contribution in [3.05, 3.63) is 33.7 Å². The fourth-order valence-corrected chi connectivity index (χ4v) is 4.15. The van der Waals surface area contributed by atoms with Gasteiger partial charge in [0.25, 0.3) is 0 Å². The molecule has 0 aromatic heterocycles. The van der Waals surface area contributed by atoms with E-state index in [1.54, 1.807) is 24.3 Å². The Balaban J connectivity index is 1.89. The zero-order chi connectivity index (χ0) is 13.5. The van der Waals surface area contributed by atoms with Crippen LogP contribution in [0.1, 0.15) is 5.56 Å². The molecular formula is C13H14ClNO3S. The van der Waals surface area contributed by atoms with E-state index in [0.717, 1.165) is 13.1 Å². The lowest BCUT2D eigenvalue weighted by atomic mass is 10.2. The van der Waals surface area contributed by atoms with Gasteiger partial charge >= 0.3 is 0 Å². The topological polar surface area (TPSA) is 46.6 Å². The van der Waals surface area contributed by atoms with Crippen LogP contribution in [0.5, 0.6) is 0 Å². The molecule has 0 atom stereocenters. The quantitative estimate of drug-likeness (QED) is 0.835. The highest BCUT2D eigenvalue weighted by atomic mass is 35.5.